The van der Waals surface area contributed by atoms with E-state index in [-0.39, 0.29) is 24.0 Å². The zero-order valence-electron chi connectivity index (χ0n) is 15.5. The number of rotatable bonds is 6. The van der Waals surface area contributed by atoms with Crippen molar-refractivity contribution in [2.45, 2.75) is 58.2 Å². The Morgan fingerprint density at radius 1 is 1.24 bits per heavy atom. The fourth-order valence-electron chi connectivity index (χ4n) is 3.25. The van der Waals surface area contributed by atoms with E-state index in [4.69, 9.17) is 14.7 Å². The van der Waals surface area contributed by atoms with Gasteiger partial charge in [-0.1, -0.05) is 43.2 Å². The average Bonchev–Trinajstić information content (AvgIpc) is 2.55. The molecule has 7 heteroatoms. The Morgan fingerprint density at radius 3 is 2.40 bits per heavy atom. The van der Waals surface area contributed by atoms with E-state index in [0.29, 0.717) is 12.1 Å². The number of carbonyl (C=O) groups excluding carboxylic acids is 1. The summed E-state index contributed by atoms with van der Waals surface area (Å²) in [6.45, 7) is 10.7. The molecule has 0 aliphatic carbocycles. The summed E-state index contributed by atoms with van der Waals surface area (Å²) >= 11 is 0. The fraction of sp³-hybridized carbons (Fsp3) is 0.611. The Bertz CT molecular complexity index is 638. The Morgan fingerprint density at radius 2 is 1.88 bits per heavy atom. The van der Waals surface area contributed by atoms with Crippen molar-refractivity contribution in [3.05, 3.63) is 40.3 Å². The maximum Gasteiger partial charge on any atom is 0.184 e. The van der Waals surface area contributed by atoms with Crippen LogP contribution in [0.4, 0.5) is 5.69 Å². The van der Waals surface area contributed by atoms with Crippen LogP contribution in [-0.2, 0) is 20.4 Å². The van der Waals surface area contributed by atoms with Gasteiger partial charge in [0.2, 0.25) is 0 Å². The summed E-state index contributed by atoms with van der Waals surface area (Å²) in [5.74, 6) is 0.512. The van der Waals surface area contributed by atoms with Crippen molar-refractivity contribution in [2.24, 2.45) is 17.0 Å². The van der Waals surface area contributed by atoms with Crippen molar-refractivity contribution in [1.29, 1.82) is 0 Å². The third-order valence-corrected chi connectivity index (χ3v) is 5.73. The Balaban J connectivity index is 2.12. The largest absolute Gasteiger partial charge is 0.411 e. The number of aldehydes is 1. The number of nitrogens with zero attached hydrogens (tertiary/aromatic N) is 3. The molecule has 1 aromatic carbocycles. The van der Waals surface area contributed by atoms with Gasteiger partial charge < -0.3 is 14.0 Å². The molecule has 0 N–H and O–H groups in total. The van der Waals surface area contributed by atoms with Crippen LogP contribution in [0.1, 0.15) is 19.4 Å². The highest BCUT2D eigenvalue weighted by Crippen LogP contribution is 2.35. The molecule has 1 aliphatic rings. The number of hydrogen-bond donors (Lipinski definition) is 0. The van der Waals surface area contributed by atoms with Crippen molar-refractivity contribution < 1.29 is 14.0 Å². The van der Waals surface area contributed by atoms with Crippen molar-refractivity contribution in [1.82, 2.24) is 0 Å². The highest BCUT2D eigenvalue weighted by Gasteiger charge is 2.43. The van der Waals surface area contributed by atoms with Crippen molar-refractivity contribution in [2.75, 3.05) is 0 Å². The van der Waals surface area contributed by atoms with E-state index >= 15 is 0 Å². The smallest absolute Gasteiger partial charge is 0.184 e. The quantitative estimate of drug-likeness (QED) is 0.243. The zero-order valence-corrected chi connectivity index (χ0v) is 16.5. The Hall–Kier alpha value is -1.66. The van der Waals surface area contributed by atoms with Crippen molar-refractivity contribution in [3.8, 4) is 0 Å². The second kappa shape index (κ2) is 8.14. The fourth-order valence-corrected chi connectivity index (χ4v) is 4.41. The molecule has 0 radical (unpaired) electrons. The molecule has 1 saturated heterocycles. The maximum atomic E-state index is 11.6. The highest BCUT2D eigenvalue weighted by atomic mass is 28.4. The summed E-state index contributed by atoms with van der Waals surface area (Å²) in [5, 5.41) is 3.58. The van der Waals surface area contributed by atoms with E-state index in [1.165, 1.54) is 0 Å². The summed E-state index contributed by atoms with van der Waals surface area (Å²) < 4.78 is 12.3. The summed E-state index contributed by atoms with van der Waals surface area (Å²) in [6, 6.07) is 7.46. The molecule has 136 valence electrons. The van der Waals surface area contributed by atoms with Gasteiger partial charge in [0.05, 0.1) is 12.2 Å². The van der Waals surface area contributed by atoms with Gasteiger partial charge in [0.1, 0.15) is 6.10 Å². The monoisotopic (exact) mass is 361 g/mol. The van der Waals surface area contributed by atoms with Crippen molar-refractivity contribution >= 4 is 20.3 Å². The normalized spacial score (nSPS) is 29.7. The number of hydrogen-bond acceptors (Lipinski definition) is 4. The lowest BCUT2D eigenvalue weighted by Crippen LogP contribution is -2.54. The highest BCUT2D eigenvalue weighted by molar-refractivity contribution is 6.69. The van der Waals surface area contributed by atoms with E-state index < -0.39 is 14.4 Å². The standard InChI is InChI=1S/C18H27N3O3Si/c1-12-13(2)18(24-25(3,4)5)17(11-22)23-16(12)10-14-6-8-15(9-7-14)20-21-19/h6-9,11-13,16-18H,10H2,1-5H3/t12-,13+,16+,17+,18-/m0/s1. The molecule has 1 fully saturated rings. The predicted octanol–water partition coefficient (Wildman–Crippen LogP) is 4.63. The van der Waals surface area contributed by atoms with E-state index in [1.54, 1.807) is 12.1 Å². The molecular weight excluding hydrogens is 334 g/mol. The third kappa shape index (κ3) is 5.15. The molecule has 1 aromatic rings. The van der Waals surface area contributed by atoms with E-state index in [9.17, 15) is 4.79 Å². The van der Waals surface area contributed by atoms with E-state index in [1.807, 2.05) is 12.1 Å². The molecule has 0 bridgehead atoms. The van der Waals surface area contributed by atoms with Gasteiger partial charge in [-0.15, -0.1) is 0 Å². The number of ether oxygens (including phenoxy) is 1. The van der Waals surface area contributed by atoms with Gasteiger partial charge in [0.15, 0.2) is 14.6 Å². The van der Waals surface area contributed by atoms with Gasteiger partial charge in [-0.2, -0.15) is 0 Å². The van der Waals surface area contributed by atoms with Gasteiger partial charge in [-0.05, 0) is 49.0 Å². The van der Waals surface area contributed by atoms with E-state index in [2.05, 4.69) is 43.5 Å². The van der Waals surface area contributed by atoms with Gasteiger partial charge >= 0.3 is 0 Å². The minimum absolute atomic E-state index is 0.0444. The minimum Gasteiger partial charge on any atom is -0.411 e. The second-order valence-corrected chi connectivity index (χ2v) is 12.2. The van der Waals surface area contributed by atoms with E-state index in [0.717, 1.165) is 11.8 Å². The second-order valence-electron chi connectivity index (χ2n) is 7.75. The lowest BCUT2D eigenvalue weighted by Gasteiger charge is -2.45. The first kappa shape index (κ1) is 19.7. The third-order valence-electron chi connectivity index (χ3n) is 4.75. The van der Waals surface area contributed by atoms with Gasteiger partial charge in [-0.25, -0.2) is 0 Å². The summed E-state index contributed by atoms with van der Waals surface area (Å²) in [7, 11) is -1.76. The molecule has 25 heavy (non-hydrogen) atoms. The van der Waals surface area contributed by atoms with Crippen LogP contribution in [0.2, 0.25) is 19.6 Å². The first-order chi connectivity index (χ1) is 11.7. The summed E-state index contributed by atoms with van der Waals surface area (Å²) in [4.78, 5) is 14.4. The first-order valence-electron chi connectivity index (χ1n) is 8.68. The maximum absolute atomic E-state index is 11.6. The molecule has 5 atom stereocenters. The molecule has 2 rings (SSSR count). The molecule has 0 aromatic heterocycles. The van der Waals surface area contributed by atoms with Crippen LogP contribution in [-0.4, -0.2) is 32.9 Å². The Kier molecular flexibility index (Phi) is 6.40. The van der Waals surface area contributed by atoms with Crippen molar-refractivity contribution in [3.63, 3.8) is 0 Å². The average molecular weight is 362 g/mol. The Labute approximate surface area is 150 Å². The molecule has 0 spiro atoms. The SMILES string of the molecule is C[C@@H]1[C@H](C)[C@@H](Cc2ccc(N=[N+]=[N-])cc2)O[C@H](C=O)[C@H]1O[Si](C)(C)C. The minimum atomic E-state index is -1.76. The predicted molar refractivity (Wildman–Crippen MR) is 100 cm³/mol. The topological polar surface area (TPSA) is 84.3 Å². The molecule has 0 unspecified atom stereocenters. The number of azide groups is 1. The molecular formula is C18H27N3O3Si. The lowest BCUT2D eigenvalue weighted by molar-refractivity contribution is -0.165. The van der Waals surface area contributed by atoms with Crippen LogP contribution in [0.5, 0.6) is 0 Å². The molecule has 6 nitrogen and oxygen atoms in total. The number of carbonyl (C=O) groups is 1. The lowest BCUT2D eigenvalue weighted by atomic mass is 9.80. The summed E-state index contributed by atoms with van der Waals surface area (Å²) in [6.07, 6.45) is 0.849. The van der Waals surface area contributed by atoms with Crippen LogP contribution in [0.3, 0.4) is 0 Å². The van der Waals surface area contributed by atoms with Crippen LogP contribution < -0.4 is 0 Å². The summed E-state index contributed by atoms with van der Waals surface area (Å²) in [5.41, 5.74) is 10.2. The van der Waals surface area contributed by atoms with Crippen LogP contribution in [0, 0.1) is 11.8 Å². The van der Waals surface area contributed by atoms with Gasteiger partial charge in [0, 0.05) is 10.6 Å². The zero-order chi connectivity index (χ0) is 18.6. The first-order valence-corrected chi connectivity index (χ1v) is 12.1. The van der Waals surface area contributed by atoms with Gasteiger partial charge in [-0.3, -0.25) is 0 Å². The molecule has 0 amide bonds. The molecule has 0 saturated carbocycles. The van der Waals surface area contributed by atoms with Crippen LogP contribution in [0.15, 0.2) is 29.4 Å². The number of benzene rings is 1. The van der Waals surface area contributed by atoms with Gasteiger partial charge in [0.25, 0.3) is 0 Å². The van der Waals surface area contributed by atoms with Crippen LogP contribution >= 0.6 is 0 Å². The molecule has 1 heterocycles. The molecule has 1 aliphatic heterocycles. The van der Waals surface area contributed by atoms with Crippen LogP contribution in [0.25, 0.3) is 10.4 Å².